The number of hydrogen-bond donors (Lipinski definition) is 1. The molecule has 0 saturated carbocycles. The first-order valence-electron chi connectivity index (χ1n) is 8.87. The molecule has 4 rings (SSSR count). The summed E-state index contributed by atoms with van der Waals surface area (Å²) in [4.78, 5) is 23.3. The van der Waals surface area contributed by atoms with Crippen LogP contribution in [-0.4, -0.2) is 29.5 Å². The van der Waals surface area contributed by atoms with Gasteiger partial charge in [-0.1, -0.05) is 6.07 Å². The molecule has 1 amide bonds. The van der Waals surface area contributed by atoms with Crippen LogP contribution in [0.3, 0.4) is 0 Å². The normalized spacial score (nSPS) is 13.0. The molecule has 6 heteroatoms. The maximum Gasteiger partial charge on any atom is 0.258 e. The Kier molecular flexibility index (Phi) is 4.70. The molecule has 0 saturated heterocycles. The molecule has 3 aromatic rings. The third-order valence-corrected chi connectivity index (χ3v) is 4.58. The van der Waals surface area contributed by atoms with E-state index in [1.165, 1.54) is 0 Å². The number of methoxy groups -OCH3 is 1. The van der Waals surface area contributed by atoms with E-state index in [0.29, 0.717) is 18.1 Å². The minimum Gasteiger partial charge on any atom is -0.497 e. The molecule has 1 N–H and O–H groups in total. The number of nitrogens with zero attached hydrogens (tertiary/aromatic N) is 3. The number of aromatic nitrogens is 2. The Bertz CT molecular complexity index is 959. The zero-order valence-corrected chi connectivity index (χ0v) is 15.1. The number of amides is 1. The Morgan fingerprint density at radius 1 is 1.11 bits per heavy atom. The highest BCUT2D eigenvalue weighted by Crippen LogP contribution is 2.31. The number of nitrogens with one attached hydrogen (secondary N) is 1. The lowest BCUT2D eigenvalue weighted by Gasteiger charge is -2.30. The van der Waals surface area contributed by atoms with Crippen molar-refractivity contribution in [2.45, 2.75) is 12.8 Å². The van der Waals surface area contributed by atoms with Crippen LogP contribution in [0, 0.1) is 0 Å². The van der Waals surface area contributed by atoms with Gasteiger partial charge in [0.1, 0.15) is 5.75 Å². The number of hydrogen-bond acceptors (Lipinski definition) is 5. The molecule has 0 spiro atoms. The quantitative estimate of drug-likeness (QED) is 0.766. The standard InChI is InChI=1S/C21H20N4O2/c1-27-18-8-9-19-15(14-18)6-3-12-25(19)20(26)16-5-2-7-17(13-16)24-21-22-10-4-11-23-21/h2,4-5,7-11,13-14H,3,6,12H2,1H3,(H,22,23,24). The maximum atomic E-state index is 13.2. The van der Waals surface area contributed by atoms with Crippen LogP contribution < -0.4 is 15.0 Å². The van der Waals surface area contributed by atoms with Gasteiger partial charge in [0.25, 0.3) is 5.91 Å². The van der Waals surface area contributed by atoms with Crippen molar-refractivity contribution in [2.24, 2.45) is 0 Å². The number of carbonyl (C=O) groups is 1. The number of benzene rings is 2. The number of ether oxygens (including phenoxy) is 1. The fraction of sp³-hybridized carbons (Fsp3) is 0.190. The first kappa shape index (κ1) is 17.0. The van der Waals surface area contributed by atoms with Crippen LogP contribution in [0.1, 0.15) is 22.3 Å². The van der Waals surface area contributed by atoms with Gasteiger partial charge in [-0.3, -0.25) is 4.79 Å². The van der Waals surface area contributed by atoms with Crippen molar-refractivity contribution in [3.05, 3.63) is 72.1 Å². The van der Waals surface area contributed by atoms with E-state index in [4.69, 9.17) is 4.74 Å². The molecule has 0 bridgehead atoms. The van der Waals surface area contributed by atoms with Crippen LogP contribution in [0.15, 0.2) is 60.9 Å². The van der Waals surface area contributed by atoms with Crippen molar-refractivity contribution in [3.8, 4) is 5.75 Å². The number of carbonyl (C=O) groups excluding carboxylic acids is 1. The summed E-state index contributed by atoms with van der Waals surface area (Å²) in [5.74, 6) is 1.30. The maximum absolute atomic E-state index is 13.2. The zero-order chi connectivity index (χ0) is 18.6. The lowest BCUT2D eigenvalue weighted by atomic mass is 10.00. The average molecular weight is 360 g/mol. The number of fused-ring (bicyclic) bond motifs is 1. The van der Waals surface area contributed by atoms with Gasteiger partial charge in [0.15, 0.2) is 0 Å². The van der Waals surface area contributed by atoms with Crippen LogP contribution in [0.2, 0.25) is 0 Å². The van der Waals surface area contributed by atoms with Crippen molar-refractivity contribution < 1.29 is 9.53 Å². The molecule has 136 valence electrons. The summed E-state index contributed by atoms with van der Waals surface area (Å²) in [7, 11) is 1.66. The number of rotatable bonds is 4. The smallest absolute Gasteiger partial charge is 0.258 e. The molecule has 0 aliphatic carbocycles. The van der Waals surface area contributed by atoms with E-state index in [1.54, 1.807) is 25.6 Å². The Balaban J connectivity index is 1.60. The Hall–Kier alpha value is -3.41. The van der Waals surface area contributed by atoms with E-state index < -0.39 is 0 Å². The summed E-state index contributed by atoms with van der Waals surface area (Å²) in [6.07, 6.45) is 5.22. The highest BCUT2D eigenvalue weighted by Gasteiger charge is 2.24. The lowest BCUT2D eigenvalue weighted by Crippen LogP contribution is -2.35. The fourth-order valence-electron chi connectivity index (χ4n) is 3.29. The summed E-state index contributed by atoms with van der Waals surface area (Å²) < 4.78 is 5.31. The third kappa shape index (κ3) is 3.60. The lowest BCUT2D eigenvalue weighted by molar-refractivity contribution is 0.0985. The highest BCUT2D eigenvalue weighted by atomic mass is 16.5. The van der Waals surface area contributed by atoms with Gasteiger partial charge in [-0.2, -0.15) is 0 Å². The van der Waals surface area contributed by atoms with Crippen LogP contribution in [0.25, 0.3) is 0 Å². The van der Waals surface area contributed by atoms with Crippen molar-refractivity contribution >= 4 is 23.2 Å². The average Bonchev–Trinajstić information content (AvgIpc) is 2.73. The predicted octanol–water partition coefficient (Wildman–Crippen LogP) is 3.82. The van der Waals surface area contributed by atoms with E-state index in [0.717, 1.165) is 35.5 Å². The molecule has 0 unspecified atom stereocenters. The molecular weight excluding hydrogens is 340 g/mol. The molecule has 0 radical (unpaired) electrons. The van der Waals surface area contributed by atoms with Gasteiger partial charge < -0.3 is 15.0 Å². The monoisotopic (exact) mass is 360 g/mol. The third-order valence-electron chi connectivity index (χ3n) is 4.58. The van der Waals surface area contributed by atoms with Crippen molar-refractivity contribution in [1.29, 1.82) is 0 Å². The van der Waals surface area contributed by atoms with E-state index in [2.05, 4.69) is 15.3 Å². The van der Waals surface area contributed by atoms with Gasteiger partial charge in [0, 0.05) is 35.9 Å². The largest absolute Gasteiger partial charge is 0.497 e. The molecule has 1 aliphatic heterocycles. The molecule has 1 aliphatic rings. The van der Waals surface area contributed by atoms with Gasteiger partial charge in [-0.25, -0.2) is 9.97 Å². The first-order chi connectivity index (χ1) is 13.2. The van der Waals surface area contributed by atoms with Gasteiger partial charge in [-0.05, 0) is 60.9 Å². The second-order valence-corrected chi connectivity index (χ2v) is 6.33. The van der Waals surface area contributed by atoms with E-state index in [1.807, 2.05) is 47.4 Å². The molecule has 2 heterocycles. The second-order valence-electron chi connectivity index (χ2n) is 6.33. The molecule has 6 nitrogen and oxygen atoms in total. The van der Waals surface area contributed by atoms with Crippen LogP contribution >= 0.6 is 0 Å². The molecular formula is C21H20N4O2. The number of anilines is 3. The predicted molar refractivity (Wildman–Crippen MR) is 105 cm³/mol. The Morgan fingerprint density at radius 3 is 2.78 bits per heavy atom. The first-order valence-corrected chi connectivity index (χ1v) is 8.87. The van der Waals surface area contributed by atoms with Crippen LogP contribution in [0.5, 0.6) is 5.75 Å². The summed E-state index contributed by atoms with van der Waals surface area (Å²) in [5.41, 5.74) is 3.50. The van der Waals surface area contributed by atoms with Crippen molar-refractivity contribution in [1.82, 2.24) is 9.97 Å². The minimum atomic E-state index is -0.0150. The van der Waals surface area contributed by atoms with Crippen LogP contribution in [-0.2, 0) is 6.42 Å². The number of aryl methyl sites for hydroxylation is 1. The SMILES string of the molecule is COc1ccc2c(c1)CCCN2C(=O)c1cccc(Nc2ncccn2)c1. The summed E-state index contributed by atoms with van der Waals surface area (Å²) >= 11 is 0. The van der Waals surface area contributed by atoms with Crippen molar-refractivity contribution in [2.75, 3.05) is 23.9 Å². The van der Waals surface area contributed by atoms with Crippen LogP contribution in [0.4, 0.5) is 17.3 Å². The van der Waals surface area contributed by atoms with E-state index >= 15 is 0 Å². The topological polar surface area (TPSA) is 67.3 Å². The van der Waals surface area contributed by atoms with Gasteiger partial charge in [-0.15, -0.1) is 0 Å². The summed E-state index contributed by atoms with van der Waals surface area (Å²) in [6, 6.07) is 15.0. The minimum absolute atomic E-state index is 0.0150. The highest BCUT2D eigenvalue weighted by molar-refractivity contribution is 6.07. The summed E-state index contributed by atoms with van der Waals surface area (Å²) in [5, 5.41) is 3.13. The molecule has 0 fully saturated rings. The zero-order valence-electron chi connectivity index (χ0n) is 15.1. The molecule has 0 atom stereocenters. The van der Waals surface area contributed by atoms with E-state index in [9.17, 15) is 4.79 Å². The van der Waals surface area contributed by atoms with Gasteiger partial charge in [0.2, 0.25) is 5.95 Å². The molecule has 1 aromatic heterocycles. The van der Waals surface area contributed by atoms with Gasteiger partial charge >= 0.3 is 0 Å². The second kappa shape index (κ2) is 7.45. The Morgan fingerprint density at radius 2 is 1.96 bits per heavy atom. The van der Waals surface area contributed by atoms with Crippen molar-refractivity contribution in [3.63, 3.8) is 0 Å². The molecule has 2 aromatic carbocycles. The fourth-order valence-corrected chi connectivity index (χ4v) is 3.29. The summed E-state index contributed by atoms with van der Waals surface area (Å²) in [6.45, 7) is 0.706. The van der Waals surface area contributed by atoms with Gasteiger partial charge in [0.05, 0.1) is 7.11 Å². The molecule has 27 heavy (non-hydrogen) atoms. The Labute approximate surface area is 157 Å². The van der Waals surface area contributed by atoms with E-state index in [-0.39, 0.29) is 5.91 Å².